The van der Waals surface area contributed by atoms with Gasteiger partial charge in [0.15, 0.2) is 5.78 Å². The van der Waals surface area contributed by atoms with E-state index in [9.17, 15) is 14.0 Å². The van der Waals surface area contributed by atoms with Crippen molar-refractivity contribution < 1.29 is 18.7 Å². The average Bonchev–Trinajstić information content (AvgIpc) is 2.76. The Morgan fingerprint density at radius 3 is 2.44 bits per heavy atom. The summed E-state index contributed by atoms with van der Waals surface area (Å²) < 4.78 is 18.8. The van der Waals surface area contributed by atoms with Crippen LogP contribution in [0.15, 0.2) is 42.5 Å². The Labute approximate surface area is 158 Å². The quantitative estimate of drug-likeness (QED) is 0.861. The number of carbonyl (C=O) groups excluding carboxylic acids is 2. The molecule has 0 saturated carbocycles. The number of hydrogen-bond acceptors (Lipinski definition) is 4. The third kappa shape index (κ3) is 4.10. The Morgan fingerprint density at radius 2 is 1.81 bits per heavy atom. The molecule has 0 fully saturated rings. The molecule has 0 aromatic heterocycles. The third-order valence-corrected chi connectivity index (χ3v) is 4.58. The number of benzene rings is 2. The molecule has 27 heavy (non-hydrogen) atoms. The van der Waals surface area contributed by atoms with Gasteiger partial charge in [-0.1, -0.05) is 13.8 Å². The van der Waals surface area contributed by atoms with E-state index in [0.717, 1.165) is 0 Å². The summed E-state index contributed by atoms with van der Waals surface area (Å²) >= 11 is 0. The van der Waals surface area contributed by atoms with Crippen molar-refractivity contribution in [2.24, 2.45) is 5.92 Å². The Kier molecular flexibility index (Phi) is 5.44. The molecule has 1 amide bonds. The predicted molar refractivity (Wildman–Crippen MR) is 102 cm³/mol. The monoisotopic (exact) mass is 370 g/mol. The highest BCUT2D eigenvalue weighted by Gasteiger charge is 2.33. The number of ketones is 1. The molecule has 142 valence electrons. The molecule has 2 aromatic rings. The average molecular weight is 370 g/mol. The number of hydrogen-bond donors (Lipinski definition) is 1. The third-order valence-electron chi connectivity index (χ3n) is 4.58. The Bertz CT molecular complexity index is 849. The van der Waals surface area contributed by atoms with E-state index in [-0.39, 0.29) is 23.4 Å². The van der Waals surface area contributed by atoms with Gasteiger partial charge in [-0.3, -0.25) is 9.59 Å². The van der Waals surface area contributed by atoms with Crippen LogP contribution in [0.5, 0.6) is 11.5 Å². The topological polar surface area (TPSA) is 58.6 Å². The molecule has 2 aromatic carbocycles. The van der Waals surface area contributed by atoms with Gasteiger partial charge >= 0.3 is 0 Å². The molecule has 3 rings (SSSR count). The van der Waals surface area contributed by atoms with Gasteiger partial charge in [0.1, 0.15) is 17.3 Å². The fourth-order valence-electron chi connectivity index (χ4n) is 3.44. The van der Waals surface area contributed by atoms with Gasteiger partial charge in [0, 0.05) is 18.8 Å². The molecule has 1 aliphatic rings. The van der Waals surface area contributed by atoms with Crippen molar-refractivity contribution in [3.05, 3.63) is 53.8 Å². The largest absolute Gasteiger partial charge is 0.457 e. The molecule has 1 atom stereocenters. The first-order valence-electron chi connectivity index (χ1n) is 8.99. The molecular formula is C21H23FN2O3. The molecule has 0 spiro atoms. The summed E-state index contributed by atoms with van der Waals surface area (Å²) in [6.45, 7) is 6.40. The number of nitrogens with zero attached hydrogens (tertiary/aromatic N) is 1. The standard InChI is InChI=1S/C21H23FN2O3/c1-13(2)20(14(3)25)24-11-10-23-19-9-8-17(12-18(19)21(24)26)27-16-6-4-15(22)5-7-16/h4-9,12-13,20,23H,10-11H2,1-3H3/t20-/m1/s1. The lowest BCUT2D eigenvalue weighted by atomic mass is 9.98. The Hall–Kier alpha value is -2.89. The number of nitrogens with one attached hydrogen (secondary N) is 1. The summed E-state index contributed by atoms with van der Waals surface area (Å²) in [5, 5.41) is 3.24. The minimum atomic E-state index is -0.466. The van der Waals surface area contributed by atoms with Crippen molar-refractivity contribution in [1.29, 1.82) is 0 Å². The molecule has 1 N–H and O–H groups in total. The molecule has 0 bridgehead atoms. The second-order valence-electron chi connectivity index (χ2n) is 6.99. The van der Waals surface area contributed by atoms with Crippen molar-refractivity contribution in [2.75, 3.05) is 18.4 Å². The number of halogens is 1. The summed E-state index contributed by atoms with van der Waals surface area (Å²) in [6, 6.07) is 10.4. The number of ether oxygens (including phenoxy) is 1. The van der Waals surface area contributed by atoms with E-state index < -0.39 is 6.04 Å². The SMILES string of the molecule is CC(=O)[C@@H](C(C)C)N1CCNc2ccc(Oc3ccc(F)cc3)cc2C1=O. The Morgan fingerprint density at radius 1 is 1.15 bits per heavy atom. The minimum absolute atomic E-state index is 0.0200. The maximum atomic E-state index is 13.2. The summed E-state index contributed by atoms with van der Waals surface area (Å²) in [6.07, 6.45) is 0. The highest BCUT2D eigenvalue weighted by molar-refractivity contribution is 6.02. The zero-order valence-corrected chi connectivity index (χ0v) is 15.7. The van der Waals surface area contributed by atoms with Gasteiger partial charge in [-0.15, -0.1) is 0 Å². The molecule has 6 heteroatoms. The van der Waals surface area contributed by atoms with Crippen LogP contribution < -0.4 is 10.1 Å². The molecular weight excluding hydrogens is 347 g/mol. The van der Waals surface area contributed by atoms with Gasteiger partial charge < -0.3 is 15.0 Å². The van der Waals surface area contributed by atoms with Crippen LogP contribution in [-0.2, 0) is 4.79 Å². The first-order chi connectivity index (χ1) is 12.9. The minimum Gasteiger partial charge on any atom is -0.457 e. The van der Waals surface area contributed by atoms with Crippen molar-refractivity contribution in [3.8, 4) is 11.5 Å². The normalized spacial score (nSPS) is 15.0. The van der Waals surface area contributed by atoms with Crippen LogP contribution in [0.3, 0.4) is 0 Å². The molecule has 0 unspecified atom stereocenters. The van der Waals surface area contributed by atoms with Crippen LogP contribution in [0.25, 0.3) is 0 Å². The highest BCUT2D eigenvalue weighted by Crippen LogP contribution is 2.30. The molecule has 0 radical (unpaired) electrons. The second kappa shape index (κ2) is 7.78. The van der Waals surface area contributed by atoms with E-state index in [1.807, 2.05) is 13.8 Å². The fourth-order valence-corrected chi connectivity index (χ4v) is 3.44. The van der Waals surface area contributed by atoms with Gasteiger partial charge in [0.2, 0.25) is 0 Å². The van der Waals surface area contributed by atoms with Crippen LogP contribution in [0.2, 0.25) is 0 Å². The van der Waals surface area contributed by atoms with Crippen LogP contribution in [-0.4, -0.2) is 35.7 Å². The van der Waals surface area contributed by atoms with Crippen LogP contribution >= 0.6 is 0 Å². The predicted octanol–water partition coefficient (Wildman–Crippen LogP) is 4.10. The summed E-state index contributed by atoms with van der Waals surface area (Å²) in [5.41, 5.74) is 1.17. The Balaban J connectivity index is 1.92. The van der Waals surface area contributed by atoms with E-state index in [1.54, 1.807) is 23.1 Å². The number of amides is 1. The number of Topliss-reactive ketones (excluding diaryl/α,β-unsaturated/α-hetero) is 1. The molecule has 0 saturated heterocycles. The van der Waals surface area contributed by atoms with E-state index in [2.05, 4.69) is 5.32 Å². The van der Waals surface area contributed by atoms with Crippen LogP contribution in [0.1, 0.15) is 31.1 Å². The van der Waals surface area contributed by atoms with Crippen molar-refractivity contribution in [1.82, 2.24) is 4.90 Å². The summed E-state index contributed by atoms with van der Waals surface area (Å²) in [5.74, 6) is 0.399. The van der Waals surface area contributed by atoms with E-state index in [1.165, 1.54) is 31.2 Å². The smallest absolute Gasteiger partial charge is 0.256 e. The molecule has 1 heterocycles. The number of carbonyl (C=O) groups is 2. The van der Waals surface area contributed by atoms with E-state index in [4.69, 9.17) is 4.74 Å². The second-order valence-corrected chi connectivity index (χ2v) is 6.99. The zero-order chi connectivity index (χ0) is 19.6. The first-order valence-corrected chi connectivity index (χ1v) is 8.99. The lowest BCUT2D eigenvalue weighted by molar-refractivity contribution is -0.122. The van der Waals surface area contributed by atoms with Crippen LogP contribution in [0.4, 0.5) is 10.1 Å². The molecule has 1 aliphatic heterocycles. The molecule has 0 aliphatic carbocycles. The molecule has 5 nitrogen and oxygen atoms in total. The van der Waals surface area contributed by atoms with Crippen molar-refractivity contribution >= 4 is 17.4 Å². The van der Waals surface area contributed by atoms with Gasteiger partial charge in [0.05, 0.1) is 11.6 Å². The first kappa shape index (κ1) is 18.9. The van der Waals surface area contributed by atoms with E-state index >= 15 is 0 Å². The summed E-state index contributed by atoms with van der Waals surface area (Å²) in [4.78, 5) is 26.9. The van der Waals surface area contributed by atoms with Crippen LogP contribution in [0, 0.1) is 11.7 Å². The highest BCUT2D eigenvalue weighted by atomic mass is 19.1. The lowest BCUT2D eigenvalue weighted by Gasteiger charge is -2.31. The van der Waals surface area contributed by atoms with Crippen molar-refractivity contribution in [2.45, 2.75) is 26.8 Å². The van der Waals surface area contributed by atoms with E-state index in [0.29, 0.717) is 35.8 Å². The van der Waals surface area contributed by atoms with Gasteiger partial charge in [0.25, 0.3) is 5.91 Å². The number of rotatable bonds is 5. The fraction of sp³-hybridized carbons (Fsp3) is 0.333. The maximum Gasteiger partial charge on any atom is 0.256 e. The number of fused-ring (bicyclic) bond motifs is 1. The lowest BCUT2D eigenvalue weighted by Crippen LogP contribution is -2.48. The maximum absolute atomic E-state index is 13.2. The van der Waals surface area contributed by atoms with Gasteiger partial charge in [-0.05, 0) is 55.3 Å². The number of anilines is 1. The zero-order valence-electron chi connectivity index (χ0n) is 15.7. The van der Waals surface area contributed by atoms with Gasteiger partial charge in [-0.2, -0.15) is 0 Å². The summed E-state index contributed by atoms with van der Waals surface area (Å²) in [7, 11) is 0. The van der Waals surface area contributed by atoms with Crippen molar-refractivity contribution in [3.63, 3.8) is 0 Å². The van der Waals surface area contributed by atoms with Gasteiger partial charge in [-0.25, -0.2) is 4.39 Å².